The number of aryl methyl sites for hydroxylation is 1. The van der Waals surface area contributed by atoms with Gasteiger partial charge in [-0.15, -0.1) is 11.3 Å². The van der Waals surface area contributed by atoms with Crippen LogP contribution in [0.2, 0.25) is 0 Å². The van der Waals surface area contributed by atoms with E-state index in [9.17, 15) is 14.7 Å². The number of thiazole rings is 1. The Morgan fingerprint density at radius 3 is 2.47 bits per heavy atom. The second kappa shape index (κ2) is 10.5. The number of β-amino-alcohol motifs (C(OH)–C–C–N with tert-alkyl or cyclic N) is 1. The average molecular weight is 488 g/mol. The number of nitrogens with two attached hydrogens (primary N) is 1. The molecule has 2 amide bonds. The molecule has 0 radical (unpaired) electrons. The Balaban J connectivity index is 1.79. The predicted octanol–water partition coefficient (Wildman–Crippen LogP) is 2.17. The lowest BCUT2D eigenvalue weighted by molar-refractivity contribution is -0.141. The molecule has 34 heavy (non-hydrogen) atoms. The van der Waals surface area contributed by atoms with Crippen molar-refractivity contribution in [3.63, 3.8) is 0 Å². The largest absolute Gasteiger partial charge is 0.391 e. The molecule has 1 saturated heterocycles. The molecule has 1 aliphatic heterocycles. The number of benzene rings is 1. The fraction of sp³-hybridized carbons (Fsp3) is 0.560. The Bertz CT molecular complexity index is 999. The van der Waals surface area contributed by atoms with E-state index in [0.29, 0.717) is 6.54 Å². The summed E-state index contributed by atoms with van der Waals surface area (Å²) in [4.78, 5) is 35.3. The molecule has 1 fully saturated rings. The first-order valence-corrected chi connectivity index (χ1v) is 12.5. The topological polar surface area (TPSA) is 112 Å². The van der Waals surface area contributed by atoms with Crippen LogP contribution in [0.15, 0.2) is 29.8 Å². The molecule has 0 saturated carbocycles. The van der Waals surface area contributed by atoms with Crippen LogP contribution in [-0.2, 0) is 9.59 Å². The van der Waals surface area contributed by atoms with Crippen LogP contribution in [0.1, 0.15) is 44.5 Å². The fourth-order valence-corrected chi connectivity index (χ4v) is 4.98. The third-order valence-electron chi connectivity index (χ3n) is 6.25. The molecule has 2 heterocycles. The van der Waals surface area contributed by atoms with E-state index >= 15 is 0 Å². The molecule has 0 bridgehead atoms. The number of hydrogen-bond donors (Lipinski definition) is 3. The van der Waals surface area contributed by atoms with E-state index in [1.807, 2.05) is 76.5 Å². The highest BCUT2D eigenvalue weighted by atomic mass is 32.1. The van der Waals surface area contributed by atoms with Gasteiger partial charge in [-0.05, 0) is 37.6 Å². The Morgan fingerprint density at radius 1 is 1.29 bits per heavy atom. The van der Waals surface area contributed by atoms with E-state index in [0.717, 1.165) is 21.7 Å². The van der Waals surface area contributed by atoms with Gasteiger partial charge in [0.05, 0.1) is 34.3 Å². The highest BCUT2D eigenvalue weighted by Crippen LogP contribution is 2.29. The number of likely N-dealkylation sites (tertiary alicyclic amines) is 1. The molecular weight excluding hydrogens is 450 g/mol. The average Bonchev–Trinajstić information content (AvgIpc) is 3.36. The SMILES string of the molecule is Cc1ncsc1-c1ccc([C@H](CN(C)C)NC(=O)[C@@H]2C[C@@H](O)CN2C(=O)[C@@H](N)C(C)(C)C)cc1. The van der Waals surface area contributed by atoms with Gasteiger partial charge >= 0.3 is 0 Å². The molecular formula is C25H37N5O3S. The molecule has 1 aliphatic rings. The van der Waals surface area contributed by atoms with E-state index in [1.54, 1.807) is 11.3 Å². The van der Waals surface area contributed by atoms with Crippen LogP contribution in [0.4, 0.5) is 0 Å². The maximum absolute atomic E-state index is 13.4. The first-order valence-electron chi connectivity index (χ1n) is 11.6. The Labute approximate surface area is 206 Å². The number of likely N-dealkylation sites (N-methyl/N-ethyl adjacent to an activating group) is 1. The summed E-state index contributed by atoms with van der Waals surface area (Å²) < 4.78 is 0. The van der Waals surface area contributed by atoms with Crippen molar-refractivity contribution < 1.29 is 14.7 Å². The number of hydrogen-bond acceptors (Lipinski definition) is 7. The quantitative estimate of drug-likeness (QED) is 0.552. The van der Waals surface area contributed by atoms with E-state index < -0.39 is 23.6 Å². The lowest BCUT2D eigenvalue weighted by Gasteiger charge is -2.33. The van der Waals surface area contributed by atoms with Crippen molar-refractivity contribution in [2.45, 2.75) is 58.3 Å². The normalized spacial score (nSPS) is 20.4. The molecule has 2 aromatic rings. The third kappa shape index (κ3) is 6.02. The third-order valence-corrected chi connectivity index (χ3v) is 7.23. The van der Waals surface area contributed by atoms with Crippen LogP contribution < -0.4 is 11.1 Å². The number of carbonyl (C=O) groups excluding carboxylic acids is 2. The molecule has 8 nitrogen and oxygen atoms in total. The van der Waals surface area contributed by atoms with E-state index in [4.69, 9.17) is 5.73 Å². The van der Waals surface area contributed by atoms with Gasteiger partial charge in [0.15, 0.2) is 0 Å². The van der Waals surface area contributed by atoms with Gasteiger partial charge in [-0.3, -0.25) is 9.59 Å². The molecule has 0 spiro atoms. The minimum absolute atomic E-state index is 0.113. The molecule has 9 heteroatoms. The number of nitrogens with zero attached hydrogens (tertiary/aromatic N) is 3. The summed E-state index contributed by atoms with van der Waals surface area (Å²) in [6.45, 7) is 8.37. The first kappa shape index (κ1) is 26.3. The van der Waals surface area contributed by atoms with Crippen molar-refractivity contribution in [1.82, 2.24) is 20.1 Å². The zero-order valence-corrected chi connectivity index (χ0v) is 21.7. The summed E-state index contributed by atoms with van der Waals surface area (Å²) in [5, 5.41) is 13.4. The van der Waals surface area contributed by atoms with E-state index in [2.05, 4.69) is 10.3 Å². The summed E-state index contributed by atoms with van der Waals surface area (Å²) >= 11 is 1.60. The smallest absolute Gasteiger partial charge is 0.243 e. The zero-order valence-electron chi connectivity index (χ0n) is 20.9. The highest BCUT2D eigenvalue weighted by Gasteiger charge is 2.43. The summed E-state index contributed by atoms with van der Waals surface area (Å²) in [5.74, 6) is -0.585. The summed E-state index contributed by atoms with van der Waals surface area (Å²) in [6.07, 6.45) is -0.548. The van der Waals surface area contributed by atoms with Gasteiger partial charge in [-0.1, -0.05) is 45.0 Å². The van der Waals surface area contributed by atoms with E-state index in [-0.39, 0.29) is 30.8 Å². The zero-order chi connectivity index (χ0) is 25.2. The van der Waals surface area contributed by atoms with Crippen molar-refractivity contribution in [3.8, 4) is 10.4 Å². The van der Waals surface area contributed by atoms with Crippen molar-refractivity contribution >= 4 is 23.2 Å². The minimum Gasteiger partial charge on any atom is -0.391 e. The Morgan fingerprint density at radius 2 is 1.94 bits per heavy atom. The van der Waals surface area contributed by atoms with Crippen LogP contribution in [0.25, 0.3) is 10.4 Å². The van der Waals surface area contributed by atoms with Gasteiger partial charge in [0.1, 0.15) is 6.04 Å². The number of aliphatic hydroxyl groups excluding tert-OH is 1. The van der Waals surface area contributed by atoms with E-state index in [1.165, 1.54) is 4.90 Å². The maximum Gasteiger partial charge on any atom is 0.243 e. The number of nitrogens with one attached hydrogen (secondary N) is 1. The number of rotatable bonds is 7. The lowest BCUT2D eigenvalue weighted by atomic mass is 9.86. The highest BCUT2D eigenvalue weighted by molar-refractivity contribution is 7.13. The number of aromatic nitrogens is 1. The van der Waals surface area contributed by atoms with Crippen LogP contribution in [0, 0.1) is 12.3 Å². The van der Waals surface area contributed by atoms with Crippen molar-refractivity contribution in [1.29, 1.82) is 0 Å². The second-order valence-electron chi connectivity index (χ2n) is 10.5. The van der Waals surface area contributed by atoms with Crippen molar-refractivity contribution in [3.05, 3.63) is 41.0 Å². The molecule has 186 valence electrons. The van der Waals surface area contributed by atoms with Gasteiger partial charge < -0.3 is 26.0 Å². The molecule has 0 aliphatic carbocycles. The first-order chi connectivity index (χ1) is 15.9. The van der Waals surface area contributed by atoms with Crippen LogP contribution in [0.3, 0.4) is 0 Å². The van der Waals surface area contributed by atoms with Crippen molar-refractivity contribution in [2.24, 2.45) is 11.1 Å². The number of carbonyl (C=O) groups is 2. The summed E-state index contributed by atoms with van der Waals surface area (Å²) in [6, 6.07) is 6.35. The Hall–Kier alpha value is -2.33. The fourth-order valence-electron chi connectivity index (χ4n) is 4.17. The molecule has 1 aromatic carbocycles. The van der Waals surface area contributed by atoms with Crippen LogP contribution in [0.5, 0.6) is 0 Å². The number of aliphatic hydroxyl groups is 1. The Kier molecular flexibility index (Phi) is 8.13. The van der Waals surface area contributed by atoms with Crippen molar-refractivity contribution in [2.75, 3.05) is 27.2 Å². The van der Waals surface area contributed by atoms with Gasteiger partial charge in [-0.2, -0.15) is 0 Å². The summed E-state index contributed by atoms with van der Waals surface area (Å²) in [5.41, 5.74) is 10.6. The lowest BCUT2D eigenvalue weighted by Crippen LogP contribution is -2.55. The monoisotopic (exact) mass is 487 g/mol. The summed E-state index contributed by atoms with van der Waals surface area (Å²) in [7, 11) is 3.90. The standard InChI is InChI=1S/C25H37N5O3S/c1-15-21(34-14-27-15)17-9-7-16(8-10-17)19(13-29(5)6)28-23(32)20-11-18(31)12-30(20)24(33)22(26)25(2,3)4/h7-10,14,18-20,22,31H,11-13,26H2,1-6H3,(H,28,32)/t18-,19+,20+,22-/m1/s1. The van der Waals surface area contributed by atoms with Gasteiger partial charge in [0.25, 0.3) is 0 Å². The predicted molar refractivity (Wildman–Crippen MR) is 135 cm³/mol. The molecule has 4 N–H and O–H groups in total. The maximum atomic E-state index is 13.4. The number of amides is 2. The molecule has 3 rings (SSSR count). The van der Waals surface area contributed by atoms with Gasteiger partial charge in [0, 0.05) is 19.5 Å². The van der Waals surface area contributed by atoms with Crippen LogP contribution in [-0.4, -0.2) is 77.1 Å². The van der Waals surface area contributed by atoms with Gasteiger partial charge in [0.2, 0.25) is 11.8 Å². The molecule has 1 aromatic heterocycles. The minimum atomic E-state index is -0.756. The van der Waals surface area contributed by atoms with Crippen LogP contribution >= 0.6 is 11.3 Å². The second-order valence-corrected chi connectivity index (χ2v) is 11.3. The molecule has 0 unspecified atom stereocenters. The van der Waals surface area contributed by atoms with Gasteiger partial charge in [-0.25, -0.2) is 4.98 Å². The molecule has 4 atom stereocenters.